The molecule has 0 spiro atoms. The number of hydrogen-bond acceptors (Lipinski definition) is 7. The summed E-state index contributed by atoms with van der Waals surface area (Å²) in [6, 6.07) is 0. The van der Waals surface area contributed by atoms with Crippen molar-refractivity contribution in [2.24, 2.45) is 18.7 Å². The fourth-order valence-electron chi connectivity index (χ4n) is 2.94. The first-order chi connectivity index (χ1) is 12.9. The van der Waals surface area contributed by atoms with E-state index < -0.39 is 12.0 Å². The van der Waals surface area contributed by atoms with Crippen molar-refractivity contribution < 1.29 is 14.7 Å². The lowest BCUT2D eigenvalue weighted by Gasteiger charge is -2.30. The highest BCUT2D eigenvalue weighted by molar-refractivity contribution is 5.97. The minimum absolute atomic E-state index is 0.203. The number of piperidine rings is 1. The van der Waals surface area contributed by atoms with Crippen LogP contribution < -0.4 is 16.4 Å². The van der Waals surface area contributed by atoms with Crippen LogP contribution in [-0.4, -0.2) is 61.4 Å². The third kappa shape index (κ3) is 4.63. The molecule has 0 unspecified atom stereocenters. The number of aryl methyl sites for hydroxylation is 1. The largest absolute Gasteiger partial charge is 0.465 e. The molecule has 0 aliphatic carbocycles. The number of rotatable bonds is 6. The summed E-state index contributed by atoms with van der Waals surface area (Å²) in [6.45, 7) is 1.57. The Morgan fingerprint density at radius 1 is 1.33 bits per heavy atom. The van der Waals surface area contributed by atoms with E-state index in [4.69, 9.17) is 10.8 Å². The third-order valence-electron chi connectivity index (χ3n) is 4.46. The van der Waals surface area contributed by atoms with E-state index in [0.29, 0.717) is 31.4 Å². The van der Waals surface area contributed by atoms with E-state index >= 15 is 0 Å². The normalized spacial score (nSPS) is 14.8. The van der Waals surface area contributed by atoms with Crippen molar-refractivity contribution in [1.82, 2.24) is 24.6 Å². The Balaban J connectivity index is 1.66. The van der Waals surface area contributed by atoms with Gasteiger partial charge in [0, 0.05) is 39.1 Å². The predicted molar refractivity (Wildman–Crippen MR) is 97.9 cm³/mol. The van der Waals surface area contributed by atoms with Crippen LogP contribution in [0, 0.1) is 5.92 Å². The first-order valence-corrected chi connectivity index (χ1v) is 8.56. The molecular weight excluding hydrogens is 352 g/mol. The lowest BCUT2D eigenvalue weighted by atomic mass is 9.97. The topological polar surface area (TPSA) is 151 Å². The zero-order valence-electron chi connectivity index (χ0n) is 14.9. The number of likely N-dealkylation sites (tertiary alicyclic amines) is 1. The van der Waals surface area contributed by atoms with Crippen LogP contribution in [0.15, 0.2) is 18.6 Å². The number of carboxylic acid groups (broad SMARTS) is 1. The molecular formula is C16H22N8O3. The van der Waals surface area contributed by atoms with Gasteiger partial charge < -0.3 is 26.4 Å². The van der Waals surface area contributed by atoms with Crippen LogP contribution in [-0.2, 0) is 7.05 Å². The van der Waals surface area contributed by atoms with Gasteiger partial charge in [-0.1, -0.05) is 0 Å². The molecule has 1 saturated heterocycles. The number of carbonyl (C=O) groups is 2. The van der Waals surface area contributed by atoms with Crippen molar-refractivity contribution in [2.75, 3.05) is 30.3 Å². The predicted octanol–water partition coefficient (Wildman–Crippen LogP) is 0.855. The summed E-state index contributed by atoms with van der Waals surface area (Å²) >= 11 is 0. The quantitative estimate of drug-likeness (QED) is 0.581. The Morgan fingerprint density at radius 2 is 2.07 bits per heavy atom. The van der Waals surface area contributed by atoms with Gasteiger partial charge in [0.2, 0.25) is 5.95 Å². The van der Waals surface area contributed by atoms with Crippen LogP contribution in [0.4, 0.5) is 22.2 Å². The van der Waals surface area contributed by atoms with Gasteiger partial charge in [-0.15, -0.1) is 0 Å². The molecule has 1 fully saturated rings. The molecule has 144 valence electrons. The molecule has 5 N–H and O–H groups in total. The number of nitrogens with one attached hydrogen (secondary N) is 2. The molecule has 0 atom stereocenters. The zero-order chi connectivity index (χ0) is 19.4. The third-order valence-corrected chi connectivity index (χ3v) is 4.46. The molecule has 3 rings (SSSR count). The molecule has 2 aromatic rings. The van der Waals surface area contributed by atoms with Crippen LogP contribution in [0.5, 0.6) is 0 Å². The molecule has 3 heterocycles. The van der Waals surface area contributed by atoms with Gasteiger partial charge in [0.05, 0.1) is 17.4 Å². The average Bonchev–Trinajstić information content (AvgIpc) is 3.05. The molecule has 0 radical (unpaired) electrons. The molecule has 0 bridgehead atoms. The summed E-state index contributed by atoms with van der Waals surface area (Å²) in [7, 11) is 1.80. The monoisotopic (exact) mass is 374 g/mol. The van der Waals surface area contributed by atoms with E-state index in [1.54, 1.807) is 24.1 Å². The van der Waals surface area contributed by atoms with Crippen LogP contribution >= 0.6 is 0 Å². The van der Waals surface area contributed by atoms with Crippen molar-refractivity contribution in [3.05, 3.63) is 24.2 Å². The zero-order valence-corrected chi connectivity index (χ0v) is 14.9. The van der Waals surface area contributed by atoms with Crippen molar-refractivity contribution in [1.29, 1.82) is 0 Å². The van der Waals surface area contributed by atoms with Gasteiger partial charge in [0.25, 0.3) is 5.91 Å². The maximum atomic E-state index is 11.7. The van der Waals surface area contributed by atoms with E-state index in [1.807, 2.05) is 0 Å². The maximum Gasteiger partial charge on any atom is 0.407 e. The fourth-order valence-corrected chi connectivity index (χ4v) is 2.94. The van der Waals surface area contributed by atoms with Crippen LogP contribution in [0.2, 0.25) is 0 Å². The number of amides is 2. The maximum absolute atomic E-state index is 11.7. The van der Waals surface area contributed by atoms with Crippen molar-refractivity contribution in [2.45, 2.75) is 12.8 Å². The fraction of sp³-hybridized carbons (Fsp3) is 0.438. The number of nitrogens with two attached hydrogens (primary N) is 1. The number of nitrogens with zero attached hydrogens (tertiary/aromatic N) is 5. The Bertz CT molecular complexity index is 829. The Morgan fingerprint density at radius 3 is 2.67 bits per heavy atom. The first kappa shape index (κ1) is 18.4. The average molecular weight is 374 g/mol. The van der Waals surface area contributed by atoms with E-state index in [9.17, 15) is 9.59 Å². The second-order valence-electron chi connectivity index (χ2n) is 6.44. The number of aromatic nitrogens is 4. The van der Waals surface area contributed by atoms with E-state index in [-0.39, 0.29) is 11.5 Å². The minimum atomic E-state index is -0.889. The molecule has 1 aliphatic rings. The van der Waals surface area contributed by atoms with Gasteiger partial charge in [0.1, 0.15) is 5.82 Å². The highest BCUT2D eigenvalue weighted by Gasteiger charge is 2.23. The smallest absolute Gasteiger partial charge is 0.407 e. The minimum Gasteiger partial charge on any atom is -0.465 e. The van der Waals surface area contributed by atoms with Gasteiger partial charge >= 0.3 is 6.09 Å². The molecule has 2 aromatic heterocycles. The number of carbonyl (C=O) groups excluding carboxylic acids is 1. The van der Waals surface area contributed by atoms with Crippen LogP contribution in [0.1, 0.15) is 23.2 Å². The summed E-state index contributed by atoms with van der Waals surface area (Å²) in [6.07, 6.45) is 5.39. The van der Waals surface area contributed by atoms with E-state index in [1.165, 1.54) is 11.1 Å². The summed E-state index contributed by atoms with van der Waals surface area (Å²) in [5, 5.41) is 19.3. The van der Waals surface area contributed by atoms with Crippen molar-refractivity contribution >= 4 is 29.5 Å². The Hall–Kier alpha value is -3.37. The first-order valence-electron chi connectivity index (χ1n) is 8.56. The highest BCUT2D eigenvalue weighted by atomic mass is 16.4. The van der Waals surface area contributed by atoms with Gasteiger partial charge in [-0.2, -0.15) is 10.1 Å². The second kappa shape index (κ2) is 7.89. The molecule has 2 amide bonds. The molecule has 0 saturated carbocycles. The summed E-state index contributed by atoms with van der Waals surface area (Å²) in [5.74, 6) is 0.331. The Kier molecular flexibility index (Phi) is 5.38. The van der Waals surface area contributed by atoms with E-state index in [2.05, 4.69) is 25.7 Å². The number of hydrogen-bond donors (Lipinski definition) is 4. The highest BCUT2D eigenvalue weighted by Crippen LogP contribution is 2.21. The lowest BCUT2D eigenvalue weighted by Crippen LogP contribution is -2.39. The lowest BCUT2D eigenvalue weighted by molar-refractivity contribution is 0.1000. The van der Waals surface area contributed by atoms with Crippen molar-refractivity contribution in [3.63, 3.8) is 0 Å². The molecule has 27 heavy (non-hydrogen) atoms. The Labute approximate surface area is 155 Å². The molecule has 1 aliphatic heterocycles. The van der Waals surface area contributed by atoms with Gasteiger partial charge in [0.15, 0.2) is 0 Å². The van der Waals surface area contributed by atoms with Gasteiger partial charge in [-0.05, 0) is 18.8 Å². The SMILES string of the molecule is Cn1cc(Nc2ncc(C(N)=O)c(NCC3CCN(C(=O)O)CC3)n2)cn1. The standard InChI is InChI=1S/C16H22N8O3/c1-23-9-11(7-20-23)21-15-19-8-12(13(17)25)14(22-15)18-6-10-2-4-24(5-3-10)16(26)27/h7-10H,2-6H2,1H3,(H2,17,25)(H,26,27)(H2,18,19,21,22). The molecule has 0 aromatic carbocycles. The second-order valence-corrected chi connectivity index (χ2v) is 6.44. The summed E-state index contributed by atoms with van der Waals surface area (Å²) in [4.78, 5) is 32.5. The van der Waals surface area contributed by atoms with Gasteiger partial charge in [-0.25, -0.2) is 9.78 Å². The van der Waals surface area contributed by atoms with E-state index in [0.717, 1.165) is 18.5 Å². The van der Waals surface area contributed by atoms with Crippen LogP contribution in [0.25, 0.3) is 0 Å². The summed E-state index contributed by atoms with van der Waals surface area (Å²) < 4.78 is 1.64. The summed E-state index contributed by atoms with van der Waals surface area (Å²) in [5.41, 5.74) is 6.34. The van der Waals surface area contributed by atoms with Gasteiger partial charge in [-0.3, -0.25) is 9.48 Å². The number of anilines is 3. The molecule has 11 heteroatoms. The molecule has 11 nitrogen and oxygen atoms in total. The van der Waals surface area contributed by atoms with Crippen LogP contribution in [0.3, 0.4) is 0 Å². The van der Waals surface area contributed by atoms with Crippen molar-refractivity contribution in [3.8, 4) is 0 Å². The number of primary amides is 1.